The van der Waals surface area contributed by atoms with Crippen LogP contribution in [0.1, 0.15) is 24.5 Å². The summed E-state index contributed by atoms with van der Waals surface area (Å²) in [6.07, 6.45) is 7.42. The van der Waals surface area contributed by atoms with Gasteiger partial charge in [-0.1, -0.05) is 11.6 Å². The number of anilines is 1. The molecule has 0 aliphatic carbocycles. The molecule has 1 aliphatic rings. The first kappa shape index (κ1) is 21.4. The summed E-state index contributed by atoms with van der Waals surface area (Å²) in [6.45, 7) is 8.43. The number of hydrogen-bond donors (Lipinski definition) is 0. The highest BCUT2D eigenvalue weighted by Gasteiger charge is 2.26. The summed E-state index contributed by atoms with van der Waals surface area (Å²) in [5.41, 5.74) is 3.58. The van der Waals surface area contributed by atoms with E-state index in [0.717, 1.165) is 56.2 Å². The summed E-state index contributed by atoms with van der Waals surface area (Å²) < 4.78 is 11.1. The Balaban J connectivity index is 0.00000240. The molecule has 1 unspecified atom stereocenters. The first-order valence-corrected chi connectivity index (χ1v) is 9.95. The highest BCUT2D eigenvalue weighted by Crippen LogP contribution is 2.27. The predicted molar refractivity (Wildman–Crippen MR) is 118 cm³/mol. The van der Waals surface area contributed by atoms with Crippen molar-refractivity contribution in [3.05, 3.63) is 48.1 Å². The quantitative estimate of drug-likeness (QED) is 0.602. The first-order valence-electron chi connectivity index (χ1n) is 9.95. The van der Waals surface area contributed by atoms with Crippen LogP contribution in [0.3, 0.4) is 0 Å². The van der Waals surface area contributed by atoms with E-state index in [1.54, 1.807) is 19.6 Å². The molecule has 1 saturated heterocycles. The lowest BCUT2D eigenvalue weighted by Gasteiger charge is -2.40. The monoisotopic (exact) mass is 416 g/mol. The van der Waals surface area contributed by atoms with Gasteiger partial charge in [0.2, 0.25) is 0 Å². The van der Waals surface area contributed by atoms with Gasteiger partial charge in [-0.15, -0.1) is 12.4 Å². The zero-order valence-corrected chi connectivity index (χ0v) is 18.1. The summed E-state index contributed by atoms with van der Waals surface area (Å²) >= 11 is 0. The van der Waals surface area contributed by atoms with Crippen LogP contribution in [0.2, 0.25) is 0 Å². The van der Waals surface area contributed by atoms with Gasteiger partial charge in [-0.05, 0) is 50.9 Å². The van der Waals surface area contributed by atoms with Gasteiger partial charge in [-0.3, -0.25) is 4.90 Å². The van der Waals surface area contributed by atoms with Crippen molar-refractivity contribution in [2.45, 2.75) is 32.7 Å². The van der Waals surface area contributed by atoms with Gasteiger partial charge in [-0.25, -0.2) is 9.97 Å². The van der Waals surface area contributed by atoms with Gasteiger partial charge in [-0.2, -0.15) is 0 Å². The Morgan fingerprint density at radius 2 is 2.14 bits per heavy atom. The molecule has 6 nitrogen and oxygen atoms in total. The van der Waals surface area contributed by atoms with Gasteiger partial charge in [0, 0.05) is 31.1 Å². The van der Waals surface area contributed by atoms with Gasteiger partial charge < -0.3 is 14.1 Å². The van der Waals surface area contributed by atoms with Crippen molar-refractivity contribution in [2.75, 3.05) is 38.2 Å². The Hall–Kier alpha value is -2.31. The number of methoxy groups -OCH3 is 1. The maximum atomic E-state index is 5.71. The van der Waals surface area contributed by atoms with Crippen molar-refractivity contribution < 1.29 is 9.15 Å². The highest BCUT2D eigenvalue weighted by molar-refractivity contribution is 5.85. The largest absolute Gasteiger partial charge is 0.491 e. The molecule has 3 heterocycles. The van der Waals surface area contributed by atoms with Crippen LogP contribution >= 0.6 is 12.4 Å². The maximum Gasteiger partial charge on any atom is 0.179 e. The minimum absolute atomic E-state index is 0. The van der Waals surface area contributed by atoms with E-state index < -0.39 is 0 Å². The third kappa shape index (κ3) is 4.65. The van der Waals surface area contributed by atoms with Gasteiger partial charge >= 0.3 is 0 Å². The van der Waals surface area contributed by atoms with Crippen LogP contribution in [0, 0.1) is 6.92 Å². The van der Waals surface area contributed by atoms with Gasteiger partial charge in [0.1, 0.15) is 11.9 Å². The molecule has 156 valence electrons. The lowest BCUT2D eigenvalue weighted by Crippen LogP contribution is -2.52. The molecule has 2 aromatic heterocycles. The Morgan fingerprint density at radius 3 is 2.93 bits per heavy atom. The number of piperazine rings is 1. The van der Waals surface area contributed by atoms with Gasteiger partial charge in [0.15, 0.2) is 11.6 Å². The van der Waals surface area contributed by atoms with Crippen LogP contribution in [0.25, 0.3) is 11.0 Å². The fourth-order valence-electron chi connectivity index (χ4n) is 4.07. The number of aryl methyl sites for hydroxylation is 2. The van der Waals surface area contributed by atoms with Crippen LogP contribution in [-0.4, -0.2) is 54.2 Å². The van der Waals surface area contributed by atoms with E-state index >= 15 is 0 Å². The molecular formula is C22H29ClN4O2. The second-order valence-electron chi connectivity index (χ2n) is 7.61. The second-order valence-corrected chi connectivity index (χ2v) is 7.61. The fourth-order valence-corrected chi connectivity index (χ4v) is 4.07. The van der Waals surface area contributed by atoms with E-state index in [9.17, 15) is 0 Å². The Labute approximate surface area is 178 Å². The van der Waals surface area contributed by atoms with Crippen molar-refractivity contribution in [3.8, 4) is 5.75 Å². The van der Waals surface area contributed by atoms with E-state index in [0.29, 0.717) is 6.04 Å². The lowest BCUT2D eigenvalue weighted by atomic mass is 10.1. The summed E-state index contributed by atoms with van der Waals surface area (Å²) in [5, 5.41) is 1.26. The molecule has 0 amide bonds. The number of benzene rings is 1. The van der Waals surface area contributed by atoms with Crippen LogP contribution in [-0.2, 0) is 6.42 Å². The van der Waals surface area contributed by atoms with Crippen LogP contribution in [0.15, 0.2) is 41.4 Å². The molecule has 1 aliphatic heterocycles. The molecule has 1 atom stereocenters. The molecule has 1 aromatic carbocycles. The van der Waals surface area contributed by atoms with E-state index in [1.807, 2.05) is 6.26 Å². The Morgan fingerprint density at radius 1 is 1.28 bits per heavy atom. The van der Waals surface area contributed by atoms with Gasteiger partial charge in [0.05, 0.1) is 19.6 Å². The van der Waals surface area contributed by atoms with Crippen LogP contribution in [0.4, 0.5) is 5.82 Å². The number of rotatable bonds is 6. The van der Waals surface area contributed by atoms with Gasteiger partial charge in [0.25, 0.3) is 0 Å². The van der Waals surface area contributed by atoms with E-state index in [2.05, 4.69) is 51.8 Å². The molecule has 7 heteroatoms. The average molecular weight is 417 g/mol. The summed E-state index contributed by atoms with van der Waals surface area (Å²) in [5.74, 6) is 1.63. The van der Waals surface area contributed by atoms with Crippen LogP contribution in [0.5, 0.6) is 5.75 Å². The topological polar surface area (TPSA) is 54.6 Å². The minimum atomic E-state index is 0. The Kier molecular flexibility index (Phi) is 6.98. The van der Waals surface area contributed by atoms with Crippen molar-refractivity contribution in [1.29, 1.82) is 0 Å². The molecule has 4 rings (SSSR count). The standard InChI is InChI=1S/C22H28N4O2.ClH/c1-16-6-7-20-19(11-16)18(14-28-20)5-4-8-25-9-10-26(13-17(25)2)22-21(27-3)12-23-15-24-22;/h6-7,11-12,14-15,17H,4-5,8-10,13H2,1-3H3;1H. The number of furan rings is 1. The number of hydrogen-bond acceptors (Lipinski definition) is 6. The third-order valence-electron chi connectivity index (χ3n) is 5.64. The fraction of sp³-hybridized carbons (Fsp3) is 0.455. The zero-order chi connectivity index (χ0) is 19.5. The molecule has 1 fully saturated rings. The van der Waals surface area contributed by atoms with Crippen molar-refractivity contribution >= 4 is 29.2 Å². The number of nitrogens with zero attached hydrogens (tertiary/aromatic N) is 4. The zero-order valence-electron chi connectivity index (χ0n) is 17.3. The lowest BCUT2D eigenvalue weighted by molar-refractivity contribution is 0.186. The minimum Gasteiger partial charge on any atom is -0.491 e. The van der Waals surface area contributed by atoms with Crippen LogP contribution < -0.4 is 9.64 Å². The highest BCUT2D eigenvalue weighted by atomic mass is 35.5. The first-order chi connectivity index (χ1) is 13.7. The number of fused-ring (bicyclic) bond motifs is 1. The van der Waals surface area contributed by atoms with E-state index in [1.165, 1.54) is 16.5 Å². The Bertz CT molecular complexity index is 945. The number of halogens is 1. The van der Waals surface area contributed by atoms with Crippen molar-refractivity contribution in [3.63, 3.8) is 0 Å². The number of ether oxygens (including phenoxy) is 1. The smallest absolute Gasteiger partial charge is 0.179 e. The van der Waals surface area contributed by atoms with Crippen molar-refractivity contribution in [1.82, 2.24) is 14.9 Å². The number of aromatic nitrogens is 2. The molecule has 29 heavy (non-hydrogen) atoms. The SMILES string of the molecule is COc1cncnc1N1CCN(CCCc2coc3ccc(C)cc23)C(C)C1.Cl. The maximum absolute atomic E-state index is 5.71. The summed E-state index contributed by atoms with van der Waals surface area (Å²) in [4.78, 5) is 13.3. The normalized spacial score (nSPS) is 17.3. The molecular weight excluding hydrogens is 388 g/mol. The molecule has 0 radical (unpaired) electrons. The van der Waals surface area contributed by atoms with E-state index in [-0.39, 0.29) is 12.4 Å². The molecule has 0 spiro atoms. The van der Waals surface area contributed by atoms with Crippen molar-refractivity contribution in [2.24, 2.45) is 0 Å². The summed E-state index contributed by atoms with van der Waals surface area (Å²) in [6, 6.07) is 6.86. The average Bonchev–Trinajstić information content (AvgIpc) is 3.11. The second kappa shape index (κ2) is 9.46. The molecule has 0 saturated carbocycles. The van der Waals surface area contributed by atoms with E-state index in [4.69, 9.17) is 9.15 Å². The summed E-state index contributed by atoms with van der Waals surface area (Å²) in [7, 11) is 1.67. The molecule has 3 aromatic rings. The third-order valence-corrected chi connectivity index (χ3v) is 5.64. The predicted octanol–water partition coefficient (Wildman–Crippen LogP) is 4.10. The molecule has 0 bridgehead atoms. The molecule has 0 N–H and O–H groups in total.